The minimum Gasteiger partial charge on any atom is -0.393 e. The Bertz CT molecular complexity index is 965. The van der Waals surface area contributed by atoms with Gasteiger partial charge in [0.2, 0.25) is 0 Å². The fourth-order valence-corrected chi connectivity index (χ4v) is 8.03. The summed E-state index contributed by atoms with van der Waals surface area (Å²) in [6.45, 7) is 13.3. The largest absolute Gasteiger partial charge is 0.393 e. The van der Waals surface area contributed by atoms with Crippen molar-refractivity contribution in [2.45, 2.75) is 123 Å². The average molecular weight is 511 g/mol. The van der Waals surface area contributed by atoms with Gasteiger partial charge >= 0.3 is 0 Å². The topological polar surface area (TPSA) is 77.8 Å². The first-order valence-corrected chi connectivity index (χ1v) is 14.8. The molecule has 0 spiro atoms. The number of aliphatic hydroxyl groups is 3. The number of aliphatic hydroxyl groups excluding tert-OH is 3. The number of carbonyl (C=O) groups excluding carboxylic acids is 1. The van der Waals surface area contributed by atoms with Crippen LogP contribution in [0.3, 0.4) is 0 Å². The van der Waals surface area contributed by atoms with Crippen LogP contribution in [0.2, 0.25) is 0 Å². The van der Waals surface area contributed by atoms with E-state index in [-0.39, 0.29) is 16.6 Å². The van der Waals surface area contributed by atoms with E-state index in [9.17, 15) is 20.1 Å². The van der Waals surface area contributed by atoms with E-state index in [1.54, 1.807) is 0 Å². The highest BCUT2D eigenvalue weighted by molar-refractivity contribution is 5.88. The molecule has 0 saturated heterocycles. The Kier molecular flexibility index (Phi) is 8.43. The molecule has 4 fully saturated rings. The minimum absolute atomic E-state index is 0.0696. The van der Waals surface area contributed by atoms with Crippen LogP contribution in [-0.2, 0) is 4.79 Å². The molecule has 37 heavy (non-hydrogen) atoms. The van der Waals surface area contributed by atoms with Crippen LogP contribution < -0.4 is 0 Å². The number of unbranched alkanes of at least 4 members (excludes halogenated alkanes) is 1. The number of allylic oxidation sites excluding steroid dienone is 4. The lowest BCUT2D eigenvalue weighted by Crippen LogP contribution is -2.39. The fraction of sp³-hybridized carbons (Fsp3) is 0.727. The maximum absolute atomic E-state index is 12.8. The van der Waals surface area contributed by atoms with Crippen molar-refractivity contribution in [3.05, 3.63) is 47.6 Å². The molecule has 0 unspecified atom stereocenters. The molecule has 0 aliphatic heterocycles. The van der Waals surface area contributed by atoms with Gasteiger partial charge in [-0.1, -0.05) is 70.6 Å². The zero-order valence-corrected chi connectivity index (χ0v) is 23.6. The molecule has 0 aromatic rings. The van der Waals surface area contributed by atoms with Crippen LogP contribution in [-0.4, -0.2) is 39.4 Å². The Balaban J connectivity index is 1.48. The number of fused-ring (bicyclic) bond motifs is 1. The maximum Gasteiger partial charge on any atom is 0.141 e. The van der Waals surface area contributed by atoms with Gasteiger partial charge in [-0.3, -0.25) is 4.79 Å². The monoisotopic (exact) mass is 510 g/mol. The molecule has 206 valence electrons. The Morgan fingerprint density at radius 2 is 1.92 bits per heavy atom. The van der Waals surface area contributed by atoms with Gasteiger partial charge in [0.05, 0.1) is 23.7 Å². The quantitative estimate of drug-likeness (QED) is 0.305. The third-order valence-electron chi connectivity index (χ3n) is 10.5. The number of hydrogen-bond acceptors (Lipinski definition) is 4. The predicted octanol–water partition coefficient (Wildman–Crippen LogP) is 6.61. The number of rotatable bonds is 9. The molecule has 3 N–H and O–H groups in total. The van der Waals surface area contributed by atoms with Gasteiger partial charge in [0.25, 0.3) is 0 Å². The second kappa shape index (κ2) is 10.9. The molecule has 6 atom stereocenters. The van der Waals surface area contributed by atoms with E-state index < -0.39 is 23.7 Å². The first-order chi connectivity index (χ1) is 17.4. The lowest BCUT2D eigenvalue weighted by Gasteiger charge is -2.47. The van der Waals surface area contributed by atoms with Gasteiger partial charge < -0.3 is 15.3 Å². The van der Waals surface area contributed by atoms with Gasteiger partial charge in [-0.25, -0.2) is 0 Å². The molecule has 4 rings (SSSR count). The molecule has 4 aliphatic carbocycles. The second-order valence-electron chi connectivity index (χ2n) is 13.4. The van der Waals surface area contributed by atoms with E-state index in [2.05, 4.69) is 52.5 Å². The maximum atomic E-state index is 12.8. The van der Waals surface area contributed by atoms with E-state index in [4.69, 9.17) is 0 Å². The second-order valence-corrected chi connectivity index (χ2v) is 13.4. The fourth-order valence-electron chi connectivity index (χ4n) is 8.03. The van der Waals surface area contributed by atoms with Crippen LogP contribution in [0, 0.1) is 28.1 Å². The van der Waals surface area contributed by atoms with Crippen LogP contribution in [0.1, 0.15) is 105 Å². The minimum atomic E-state index is -0.677. The molecule has 0 heterocycles. The number of Topliss-reactive ketones (excluding diaryl/α,β-unsaturated/α-hetero) is 1. The summed E-state index contributed by atoms with van der Waals surface area (Å²) in [4.78, 5) is 12.8. The zero-order chi connectivity index (χ0) is 27.0. The summed E-state index contributed by atoms with van der Waals surface area (Å²) in [5.74, 6) is 1.27. The van der Waals surface area contributed by atoms with Crippen LogP contribution in [0.25, 0.3) is 0 Å². The van der Waals surface area contributed by atoms with Gasteiger partial charge in [-0.15, -0.1) is 0 Å². The molecule has 4 nitrogen and oxygen atoms in total. The van der Waals surface area contributed by atoms with Crippen LogP contribution in [0.5, 0.6) is 0 Å². The molecule has 0 amide bonds. The van der Waals surface area contributed by atoms with Crippen LogP contribution in [0.4, 0.5) is 0 Å². The van der Waals surface area contributed by atoms with Crippen LogP contribution >= 0.6 is 0 Å². The van der Waals surface area contributed by atoms with Crippen molar-refractivity contribution in [3.63, 3.8) is 0 Å². The predicted molar refractivity (Wildman–Crippen MR) is 150 cm³/mol. The number of ketones is 1. The molecule has 0 radical (unpaired) electrons. The summed E-state index contributed by atoms with van der Waals surface area (Å²) in [5.41, 5.74) is 2.81. The molecular formula is C33H50O4. The van der Waals surface area contributed by atoms with E-state index in [0.29, 0.717) is 31.1 Å². The normalized spacial score (nSPS) is 36.8. The summed E-state index contributed by atoms with van der Waals surface area (Å²) >= 11 is 0. The van der Waals surface area contributed by atoms with Gasteiger partial charge in [0.15, 0.2) is 0 Å². The Morgan fingerprint density at radius 1 is 1.19 bits per heavy atom. The van der Waals surface area contributed by atoms with E-state index >= 15 is 0 Å². The summed E-state index contributed by atoms with van der Waals surface area (Å²) in [7, 11) is 0. The molecular weight excluding hydrogens is 460 g/mol. The highest BCUT2D eigenvalue weighted by Crippen LogP contribution is 2.62. The van der Waals surface area contributed by atoms with Crippen molar-refractivity contribution in [1.82, 2.24) is 0 Å². The highest BCUT2D eigenvalue weighted by Gasteiger charge is 2.55. The Hall–Kier alpha value is -1.49. The van der Waals surface area contributed by atoms with Crippen molar-refractivity contribution >= 4 is 5.78 Å². The highest BCUT2D eigenvalue weighted by atomic mass is 16.3. The lowest BCUT2D eigenvalue weighted by molar-refractivity contribution is -0.127. The van der Waals surface area contributed by atoms with Crippen molar-refractivity contribution in [1.29, 1.82) is 0 Å². The molecule has 4 aliphatic rings. The first-order valence-electron chi connectivity index (χ1n) is 14.8. The summed E-state index contributed by atoms with van der Waals surface area (Å²) in [6.07, 6.45) is 17.6. The van der Waals surface area contributed by atoms with Gasteiger partial charge in [0, 0.05) is 12.8 Å². The van der Waals surface area contributed by atoms with Crippen molar-refractivity contribution < 1.29 is 20.1 Å². The number of carbonyl (C=O) groups is 1. The molecule has 0 aromatic carbocycles. The van der Waals surface area contributed by atoms with Gasteiger partial charge in [-0.05, 0) is 91.6 Å². The first kappa shape index (κ1) is 28.5. The number of hydrogen-bond donors (Lipinski definition) is 3. The third kappa shape index (κ3) is 5.63. The Morgan fingerprint density at radius 3 is 2.59 bits per heavy atom. The molecule has 4 saturated carbocycles. The molecule has 0 bridgehead atoms. The van der Waals surface area contributed by atoms with Gasteiger partial charge in [0.1, 0.15) is 5.78 Å². The SMILES string of the molecule is C=C1/C(=C\C=C2/CCC[C@]3(C)[C@@H](C(C)(C)/C=C/[C@H](O)C4(C(=O)CCCC)CC4)CC[C@@H]23)C[C@@H](O)C[C@@H]1O. The third-order valence-corrected chi connectivity index (χ3v) is 10.5. The Labute approximate surface area is 224 Å². The van der Waals surface area contributed by atoms with E-state index in [0.717, 1.165) is 49.7 Å². The smallest absolute Gasteiger partial charge is 0.141 e. The summed E-state index contributed by atoms with van der Waals surface area (Å²) in [6, 6.07) is 0. The zero-order valence-electron chi connectivity index (χ0n) is 23.6. The van der Waals surface area contributed by atoms with E-state index in [1.807, 2.05) is 6.08 Å². The van der Waals surface area contributed by atoms with Crippen molar-refractivity contribution in [2.24, 2.45) is 28.1 Å². The van der Waals surface area contributed by atoms with E-state index in [1.165, 1.54) is 24.8 Å². The van der Waals surface area contributed by atoms with Gasteiger partial charge in [-0.2, -0.15) is 0 Å². The summed E-state index contributed by atoms with van der Waals surface area (Å²) < 4.78 is 0. The molecule has 0 aromatic heterocycles. The van der Waals surface area contributed by atoms with Crippen molar-refractivity contribution in [3.8, 4) is 0 Å². The lowest BCUT2D eigenvalue weighted by atomic mass is 9.57. The molecule has 4 heteroatoms. The average Bonchev–Trinajstić information content (AvgIpc) is 3.58. The van der Waals surface area contributed by atoms with Crippen molar-refractivity contribution in [2.75, 3.05) is 0 Å². The van der Waals surface area contributed by atoms with Crippen LogP contribution in [0.15, 0.2) is 47.6 Å². The summed E-state index contributed by atoms with van der Waals surface area (Å²) in [5, 5.41) is 31.4. The standard InChI is InChI=1S/C33H50O4/c1-6-7-10-29(36)33(18-19-33)30(37)15-17-31(3,4)28-14-13-26-23(9-8-16-32(26,28)5)11-12-24-20-25(34)21-27(35)22(24)2/h11-12,15,17,25-28,30,34-35,37H,2,6-10,13-14,16,18-21H2,1,3-5H3/b17-15+,23-11+,24-12-/t25-,26+,27+,28-,30+,32+/m1/s1.